The Bertz CT molecular complexity index is 656. The molecule has 4 heteroatoms. The number of amides is 2. The van der Waals surface area contributed by atoms with Gasteiger partial charge in [-0.05, 0) is 25.5 Å². The molecule has 0 bridgehead atoms. The molecule has 1 unspecified atom stereocenters. The molecule has 122 valence electrons. The normalized spacial score (nSPS) is 11.7. The van der Waals surface area contributed by atoms with Gasteiger partial charge in [0.2, 0.25) is 0 Å². The van der Waals surface area contributed by atoms with Crippen molar-refractivity contribution in [3.05, 3.63) is 65.2 Å². The summed E-state index contributed by atoms with van der Waals surface area (Å²) in [5.41, 5.74) is 3.22. The predicted octanol–water partition coefficient (Wildman–Crippen LogP) is 3.91. The van der Waals surface area contributed by atoms with Crippen molar-refractivity contribution in [2.45, 2.75) is 26.4 Å². The molecule has 1 N–H and O–H groups in total. The Hall–Kier alpha value is -2.49. The molecule has 0 fully saturated rings. The summed E-state index contributed by atoms with van der Waals surface area (Å²) in [6.45, 7) is 4.56. The first kappa shape index (κ1) is 16.9. The number of aryl methyl sites for hydroxylation is 1. The van der Waals surface area contributed by atoms with E-state index >= 15 is 0 Å². The van der Waals surface area contributed by atoms with Crippen LogP contribution in [0.5, 0.6) is 5.75 Å². The second kappa shape index (κ2) is 7.68. The van der Waals surface area contributed by atoms with Gasteiger partial charge < -0.3 is 15.0 Å². The number of hydrogen-bond donors (Lipinski definition) is 1. The molecule has 2 amide bonds. The van der Waals surface area contributed by atoms with Crippen molar-refractivity contribution in [3.63, 3.8) is 0 Å². The van der Waals surface area contributed by atoms with E-state index in [1.165, 1.54) is 0 Å². The Labute approximate surface area is 138 Å². The zero-order valence-electron chi connectivity index (χ0n) is 14.2. The van der Waals surface area contributed by atoms with Crippen LogP contribution < -0.4 is 10.1 Å². The summed E-state index contributed by atoms with van der Waals surface area (Å²) in [6, 6.07) is 15.7. The van der Waals surface area contributed by atoms with Crippen molar-refractivity contribution in [2.24, 2.45) is 0 Å². The van der Waals surface area contributed by atoms with Crippen molar-refractivity contribution in [3.8, 4) is 5.75 Å². The molecule has 0 saturated carbocycles. The van der Waals surface area contributed by atoms with E-state index in [2.05, 4.69) is 5.32 Å². The lowest BCUT2D eigenvalue weighted by Crippen LogP contribution is -2.38. The molecule has 0 saturated heterocycles. The molecule has 0 heterocycles. The van der Waals surface area contributed by atoms with Crippen LogP contribution in [-0.4, -0.2) is 25.1 Å². The SMILES string of the molecule is COc1ccc(C)cc1C(C)NC(=O)N(C)Cc1ccccc1. The van der Waals surface area contributed by atoms with E-state index in [0.29, 0.717) is 6.54 Å². The van der Waals surface area contributed by atoms with Crippen LogP contribution in [0.4, 0.5) is 4.79 Å². The molecule has 1 atom stereocenters. The van der Waals surface area contributed by atoms with Gasteiger partial charge in [-0.2, -0.15) is 0 Å². The van der Waals surface area contributed by atoms with Crippen LogP contribution in [0.3, 0.4) is 0 Å². The first-order valence-corrected chi connectivity index (χ1v) is 7.71. The molecule has 2 rings (SSSR count). The van der Waals surface area contributed by atoms with E-state index in [0.717, 1.165) is 22.4 Å². The summed E-state index contributed by atoms with van der Waals surface area (Å²) in [4.78, 5) is 14.1. The monoisotopic (exact) mass is 312 g/mol. The number of ether oxygens (including phenoxy) is 1. The first-order valence-electron chi connectivity index (χ1n) is 7.71. The fraction of sp³-hybridized carbons (Fsp3) is 0.316. The van der Waals surface area contributed by atoms with Crippen LogP contribution in [0.1, 0.15) is 29.7 Å². The van der Waals surface area contributed by atoms with Crippen LogP contribution in [0.2, 0.25) is 0 Å². The standard InChI is InChI=1S/C19H24N2O2/c1-14-10-11-18(23-4)17(12-14)15(2)20-19(22)21(3)13-16-8-6-5-7-9-16/h5-12,15H,13H2,1-4H3,(H,20,22). The second-order valence-electron chi connectivity index (χ2n) is 5.76. The fourth-order valence-corrected chi connectivity index (χ4v) is 2.49. The first-order chi connectivity index (χ1) is 11.0. The van der Waals surface area contributed by atoms with E-state index < -0.39 is 0 Å². The van der Waals surface area contributed by atoms with Crippen molar-refractivity contribution >= 4 is 6.03 Å². The van der Waals surface area contributed by atoms with Crippen molar-refractivity contribution < 1.29 is 9.53 Å². The van der Waals surface area contributed by atoms with Gasteiger partial charge in [-0.25, -0.2) is 4.79 Å². The van der Waals surface area contributed by atoms with Crippen molar-refractivity contribution in [1.29, 1.82) is 0 Å². The molecule has 0 aromatic heterocycles. The molecule has 2 aromatic rings. The molecule has 0 aliphatic rings. The summed E-state index contributed by atoms with van der Waals surface area (Å²) in [5.74, 6) is 0.786. The fourth-order valence-electron chi connectivity index (χ4n) is 2.49. The molecular formula is C19H24N2O2. The zero-order chi connectivity index (χ0) is 16.8. The Morgan fingerprint density at radius 3 is 2.57 bits per heavy atom. The van der Waals surface area contributed by atoms with Crippen LogP contribution in [0.25, 0.3) is 0 Å². The van der Waals surface area contributed by atoms with Crippen molar-refractivity contribution in [1.82, 2.24) is 10.2 Å². The van der Waals surface area contributed by atoms with Gasteiger partial charge >= 0.3 is 6.03 Å². The predicted molar refractivity (Wildman–Crippen MR) is 92.6 cm³/mol. The smallest absolute Gasteiger partial charge is 0.317 e. The van der Waals surface area contributed by atoms with Gasteiger partial charge in [-0.3, -0.25) is 0 Å². The molecule has 0 spiro atoms. The lowest BCUT2D eigenvalue weighted by atomic mass is 10.0. The lowest BCUT2D eigenvalue weighted by molar-refractivity contribution is 0.203. The summed E-state index contributed by atoms with van der Waals surface area (Å²) in [5, 5.41) is 3.03. The molecule has 0 radical (unpaired) electrons. The summed E-state index contributed by atoms with van der Waals surface area (Å²) in [7, 11) is 3.44. The highest BCUT2D eigenvalue weighted by Crippen LogP contribution is 2.26. The number of nitrogens with zero attached hydrogens (tertiary/aromatic N) is 1. The number of urea groups is 1. The summed E-state index contributed by atoms with van der Waals surface area (Å²) in [6.07, 6.45) is 0. The third-order valence-corrected chi connectivity index (χ3v) is 3.80. The van der Waals surface area contributed by atoms with Crippen LogP contribution in [0.15, 0.2) is 48.5 Å². The minimum Gasteiger partial charge on any atom is -0.496 e. The van der Waals surface area contributed by atoms with E-state index in [9.17, 15) is 4.79 Å². The largest absolute Gasteiger partial charge is 0.496 e. The average molecular weight is 312 g/mol. The van der Waals surface area contributed by atoms with E-state index in [-0.39, 0.29) is 12.1 Å². The molecule has 23 heavy (non-hydrogen) atoms. The number of carbonyl (C=O) groups excluding carboxylic acids is 1. The second-order valence-corrected chi connectivity index (χ2v) is 5.76. The van der Waals surface area contributed by atoms with Gasteiger partial charge in [0.25, 0.3) is 0 Å². The van der Waals surface area contributed by atoms with Gasteiger partial charge in [0.05, 0.1) is 13.2 Å². The van der Waals surface area contributed by atoms with Crippen LogP contribution in [-0.2, 0) is 6.54 Å². The highest BCUT2D eigenvalue weighted by molar-refractivity contribution is 5.74. The number of methoxy groups -OCH3 is 1. The number of carbonyl (C=O) groups is 1. The van der Waals surface area contributed by atoms with Crippen LogP contribution >= 0.6 is 0 Å². The van der Waals surface area contributed by atoms with Crippen LogP contribution in [0, 0.1) is 6.92 Å². The van der Waals surface area contributed by atoms with E-state index in [1.807, 2.05) is 62.4 Å². The molecule has 4 nitrogen and oxygen atoms in total. The minimum absolute atomic E-state index is 0.107. The number of benzene rings is 2. The van der Waals surface area contributed by atoms with Gasteiger partial charge in [0.1, 0.15) is 5.75 Å². The van der Waals surface area contributed by atoms with Crippen molar-refractivity contribution in [2.75, 3.05) is 14.2 Å². The third-order valence-electron chi connectivity index (χ3n) is 3.80. The molecule has 0 aliphatic heterocycles. The highest BCUT2D eigenvalue weighted by atomic mass is 16.5. The summed E-state index contributed by atoms with van der Waals surface area (Å²) < 4.78 is 5.39. The van der Waals surface area contributed by atoms with Gasteiger partial charge in [0, 0.05) is 19.2 Å². The lowest BCUT2D eigenvalue weighted by Gasteiger charge is -2.23. The minimum atomic E-state index is -0.129. The quantitative estimate of drug-likeness (QED) is 0.909. The van der Waals surface area contributed by atoms with Gasteiger partial charge in [0.15, 0.2) is 0 Å². The average Bonchev–Trinajstić information content (AvgIpc) is 2.55. The Balaban J connectivity index is 2.03. The maximum Gasteiger partial charge on any atom is 0.317 e. The van der Waals surface area contributed by atoms with E-state index in [4.69, 9.17) is 4.74 Å². The number of nitrogens with one attached hydrogen (secondary N) is 1. The Morgan fingerprint density at radius 2 is 1.91 bits per heavy atom. The maximum atomic E-state index is 12.4. The van der Waals surface area contributed by atoms with E-state index in [1.54, 1.807) is 19.1 Å². The third kappa shape index (κ3) is 4.49. The topological polar surface area (TPSA) is 41.6 Å². The molecule has 0 aliphatic carbocycles. The summed E-state index contributed by atoms with van der Waals surface area (Å²) >= 11 is 0. The Morgan fingerprint density at radius 1 is 1.22 bits per heavy atom. The highest BCUT2D eigenvalue weighted by Gasteiger charge is 2.16. The van der Waals surface area contributed by atoms with Gasteiger partial charge in [-0.15, -0.1) is 0 Å². The number of rotatable bonds is 5. The molecular weight excluding hydrogens is 288 g/mol. The maximum absolute atomic E-state index is 12.4. The zero-order valence-corrected chi connectivity index (χ0v) is 14.2. The molecule has 2 aromatic carbocycles. The Kier molecular flexibility index (Phi) is 5.63. The van der Waals surface area contributed by atoms with Gasteiger partial charge in [-0.1, -0.05) is 48.0 Å². The number of hydrogen-bond acceptors (Lipinski definition) is 2.